The minimum atomic E-state index is -4.41. The number of halogens is 5. The van der Waals surface area contributed by atoms with Gasteiger partial charge in [0.05, 0.1) is 28.5 Å². The average Bonchev–Trinajstić information content (AvgIpc) is 3.44. The second kappa shape index (κ2) is 15.4. The summed E-state index contributed by atoms with van der Waals surface area (Å²) in [6.45, 7) is 5.46. The van der Waals surface area contributed by atoms with Crippen molar-refractivity contribution in [3.05, 3.63) is 0 Å². The monoisotopic (exact) mass is 733 g/mol. The molecule has 11 nitrogen and oxygen atoms in total. The lowest BCUT2D eigenvalue weighted by molar-refractivity contribution is -0.124. The van der Waals surface area contributed by atoms with Gasteiger partial charge in [-0.3, -0.25) is 31.1 Å². The van der Waals surface area contributed by atoms with Crippen LogP contribution in [0.3, 0.4) is 0 Å². The molecule has 7 N–H and O–H groups in total. The van der Waals surface area contributed by atoms with Crippen molar-refractivity contribution in [2.75, 3.05) is 20.2 Å². The van der Waals surface area contributed by atoms with Crippen LogP contribution in [-0.2, 0) is 19.4 Å². The SMILES string of the molecule is COC1C(NC2CC(C)NN2)NC(SC2CCC(S(=O)(=O)C(C)(C)C3C(F)C(F)CC(F)C3F)CC2F)NC1N1CCC(C(N)=O)CC1. The van der Waals surface area contributed by atoms with E-state index in [9.17, 15) is 30.8 Å². The second-order valence-electron chi connectivity index (χ2n) is 14.6. The Balaban J connectivity index is 1.27. The van der Waals surface area contributed by atoms with Gasteiger partial charge in [-0.2, -0.15) is 0 Å². The summed E-state index contributed by atoms with van der Waals surface area (Å²) in [7, 11) is -2.79. The van der Waals surface area contributed by atoms with Crippen LogP contribution in [0.25, 0.3) is 0 Å². The molecule has 3 heterocycles. The summed E-state index contributed by atoms with van der Waals surface area (Å²) in [5.74, 6) is -2.57. The molecule has 3 saturated heterocycles. The molecule has 278 valence electrons. The molecule has 5 aliphatic rings. The summed E-state index contributed by atoms with van der Waals surface area (Å²) in [5, 5.41) is 8.74. The molecule has 2 aliphatic carbocycles. The fourth-order valence-electron chi connectivity index (χ4n) is 8.19. The minimum Gasteiger partial charge on any atom is -0.375 e. The number of hydrogen-bond acceptors (Lipinski definition) is 11. The van der Waals surface area contributed by atoms with Gasteiger partial charge in [0.1, 0.15) is 42.5 Å². The Labute approximate surface area is 284 Å². The molecule has 0 spiro atoms. The first-order chi connectivity index (χ1) is 22.5. The zero-order valence-electron chi connectivity index (χ0n) is 27.9. The predicted octanol–water partition coefficient (Wildman–Crippen LogP) is 1.69. The molecule has 0 bridgehead atoms. The van der Waals surface area contributed by atoms with Gasteiger partial charge < -0.3 is 10.5 Å². The summed E-state index contributed by atoms with van der Waals surface area (Å²) in [4.78, 5) is 14.0. The lowest BCUT2D eigenvalue weighted by atomic mass is 9.76. The first-order valence-electron chi connectivity index (χ1n) is 17.0. The molecule has 5 rings (SSSR count). The molecular formula is C30H52F5N7O4S2. The van der Waals surface area contributed by atoms with Gasteiger partial charge in [0.2, 0.25) is 5.91 Å². The van der Waals surface area contributed by atoms with Crippen molar-refractivity contribution in [2.24, 2.45) is 17.6 Å². The Morgan fingerprint density at radius 3 is 2.12 bits per heavy atom. The fraction of sp³-hybridized carbons (Fsp3) is 0.967. The largest absolute Gasteiger partial charge is 0.375 e. The van der Waals surface area contributed by atoms with E-state index in [4.69, 9.17) is 10.5 Å². The molecule has 48 heavy (non-hydrogen) atoms. The number of nitrogens with two attached hydrogens (primary N) is 1. The topological polar surface area (TPSA) is 150 Å². The average molecular weight is 734 g/mol. The number of hydrogen-bond donors (Lipinski definition) is 6. The van der Waals surface area contributed by atoms with Crippen LogP contribution in [0.5, 0.6) is 0 Å². The Hall–Kier alpha value is -0.860. The van der Waals surface area contributed by atoms with E-state index in [1.165, 1.54) is 11.8 Å². The normalized spacial score (nSPS) is 44.1. The molecule has 0 radical (unpaired) electrons. The number of piperidine rings is 1. The van der Waals surface area contributed by atoms with Gasteiger partial charge in [0.25, 0.3) is 0 Å². The van der Waals surface area contributed by atoms with Gasteiger partial charge in [-0.05, 0) is 59.3 Å². The molecule has 13 atom stereocenters. The maximum Gasteiger partial charge on any atom is 0.220 e. The van der Waals surface area contributed by atoms with E-state index >= 15 is 4.39 Å². The third kappa shape index (κ3) is 7.81. The maximum absolute atomic E-state index is 16.0. The summed E-state index contributed by atoms with van der Waals surface area (Å²) >= 11 is 1.30. The van der Waals surface area contributed by atoms with Crippen LogP contribution in [0.2, 0.25) is 0 Å². The molecule has 5 fully saturated rings. The number of primary amides is 1. The molecule has 0 aromatic heterocycles. The molecule has 3 aliphatic heterocycles. The van der Waals surface area contributed by atoms with Crippen molar-refractivity contribution >= 4 is 27.5 Å². The quantitative estimate of drug-likeness (QED) is 0.182. The number of methoxy groups -OCH3 is 1. The van der Waals surface area contributed by atoms with Crippen LogP contribution in [0.1, 0.15) is 65.7 Å². The van der Waals surface area contributed by atoms with Gasteiger partial charge in [0.15, 0.2) is 9.84 Å². The number of hydrazine groups is 1. The number of carbonyl (C=O) groups is 1. The molecule has 1 amide bonds. The van der Waals surface area contributed by atoms with E-state index in [0.29, 0.717) is 25.9 Å². The Bertz CT molecular complexity index is 1210. The number of likely N-dealkylation sites (tertiary alicyclic amines) is 1. The van der Waals surface area contributed by atoms with Gasteiger partial charge in [-0.25, -0.2) is 35.8 Å². The molecule has 2 saturated carbocycles. The molecular weight excluding hydrogens is 681 g/mol. The van der Waals surface area contributed by atoms with Gasteiger partial charge in [0, 0.05) is 49.7 Å². The Morgan fingerprint density at radius 1 is 0.938 bits per heavy atom. The number of alkyl halides is 5. The number of rotatable bonds is 10. The number of carbonyl (C=O) groups excluding carboxylic acids is 1. The lowest BCUT2D eigenvalue weighted by Crippen LogP contribution is -2.75. The van der Waals surface area contributed by atoms with Crippen LogP contribution in [0.4, 0.5) is 22.0 Å². The van der Waals surface area contributed by atoms with Gasteiger partial charge >= 0.3 is 0 Å². The highest BCUT2D eigenvalue weighted by Gasteiger charge is 2.59. The van der Waals surface area contributed by atoms with Crippen molar-refractivity contribution in [2.45, 2.75) is 148 Å². The molecule has 0 aromatic carbocycles. The number of sulfone groups is 1. The number of ether oxygens (including phenoxy) is 1. The van der Waals surface area contributed by atoms with Crippen molar-refractivity contribution in [3.63, 3.8) is 0 Å². The van der Waals surface area contributed by atoms with Crippen LogP contribution in [0.15, 0.2) is 0 Å². The van der Waals surface area contributed by atoms with Crippen LogP contribution in [-0.4, -0.2) is 122 Å². The minimum absolute atomic E-state index is 0.0390. The predicted molar refractivity (Wildman–Crippen MR) is 174 cm³/mol. The highest BCUT2D eigenvalue weighted by molar-refractivity contribution is 8.00. The van der Waals surface area contributed by atoms with Crippen molar-refractivity contribution in [1.29, 1.82) is 0 Å². The van der Waals surface area contributed by atoms with Crippen molar-refractivity contribution in [1.82, 2.24) is 31.7 Å². The highest BCUT2D eigenvalue weighted by Crippen LogP contribution is 2.47. The maximum atomic E-state index is 16.0. The number of thioether (sulfide) groups is 1. The van der Waals surface area contributed by atoms with E-state index in [-0.39, 0.29) is 55.3 Å². The fourth-order valence-corrected chi connectivity index (χ4v) is 11.9. The smallest absolute Gasteiger partial charge is 0.220 e. The van der Waals surface area contributed by atoms with Gasteiger partial charge in [-0.15, -0.1) is 11.8 Å². The van der Waals surface area contributed by atoms with Crippen LogP contribution in [0, 0.1) is 11.8 Å². The highest BCUT2D eigenvalue weighted by atomic mass is 32.2. The molecule has 13 unspecified atom stereocenters. The number of amides is 1. The van der Waals surface area contributed by atoms with E-state index in [1.54, 1.807) is 7.11 Å². The van der Waals surface area contributed by atoms with Crippen LogP contribution >= 0.6 is 11.8 Å². The van der Waals surface area contributed by atoms with Gasteiger partial charge in [-0.1, -0.05) is 0 Å². The lowest BCUT2D eigenvalue weighted by Gasteiger charge is -2.50. The molecule has 0 aromatic rings. The third-order valence-electron chi connectivity index (χ3n) is 11.1. The zero-order valence-corrected chi connectivity index (χ0v) is 29.5. The Morgan fingerprint density at radius 2 is 1.58 bits per heavy atom. The summed E-state index contributed by atoms with van der Waals surface area (Å²) in [6.07, 6.45) is -11.4. The van der Waals surface area contributed by atoms with E-state index in [0.717, 1.165) is 20.3 Å². The van der Waals surface area contributed by atoms with E-state index < -0.39 is 80.2 Å². The van der Waals surface area contributed by atoms with Crippen LogP contribution < -0.4 is 32.5 Å². The van der Waals surface area contributed by atoms with E-state index in [1.807, 2.05) is 0 Å². The zero-order chi connectivity index (χ0) is 35.1. The number of nitrogens with zero attached hydrogens (tertiary/aromatic N) is 1. The third-order valence-corrected chi connectivity index (χ3v) is 15.6. The first kappa shape index (κ1) is 38.4. The Kier molecular flexibility index (Phi) is 12.3. The standard InChI is InChI=1S/C30H52F5N7O4S2/c1-14-11-21(41-40-14)37-27-25(46-4)28(42-9-7-15(8-10-42)26(36)43)39-29(38-27)47-20-6-5-16(12-17(20)31)48(44,45)30(2,3)22-23(34)18(32)13-19(33)24(22)35/h14-25,27-29,37-41H,5-13H2,1-4H3,(H2,36,43). The van der Waals surface area contributed by atoms with Crippen molar-refractivity contribution in [3.8, 4) is 0 Å². The number of nitrogens with one attached hydrogen (secondary N) is 5. The summed E-state index contributed by atoms with van der Waals surface area (Å²) in [6, 6.07) is 0.240. The second-order valence-corrected chi connectivity index (χ2v) is 18.8. The van der Waals surface area contributed by atoms with Crippen molar-refractivity contribution < 1.29 is 39.9 Å². The summed E-state index contributed by atoms with van der Waals surface area (Å²) in [5.41, 5.74) is 11.5. The first-order valence-corrected chi connectivity index (χ1v) is 19.5. The summed E-state index contributed by atoms with van der Waals surface area (Å²) < 4.78 is 106. The van der Waals surface area contributed by atoms with E-state index in [2.05, 4.69) is 38.6 Å². The molecule has 18 heteroatoms.